The minimum absolute atomic E-state index is 0.0862. The van der Waals surface area contributed by atoms with E-state index in [0.717, 1.165) is 12.1 Å². The van der Waals surface area contributed by atoms with E-state index in [1.807, 2.05) is 6.07 Å². The van der Waals surface area contributed by atoms with Crippen LogP contribution >= 0.6 is 0 Å². The third-order valence-electron chi connectivity index (χ3n) is 2.99. The summed E-state index contributed by atoms with van der Waals surface area (Å²) in [6, 6.07) is 3.80. The molecule has 1 saturated carbocycles. The van der Waals surface area contributed by atoms with Crippen LogP contribution in [0.15, 0.2) is 18.2 Å². The number of hydrogen-bond donors (Lipinski definition) is 0. The minimum Gasteiger partial charge on any atom is -0.300 e. The molecule has 2 nitrogen and oxygen atoms in total. The van der Waals surface area contributed by atoms with Gasteiger partial charge in [-0.2, -0.15) is 18.4 Å². The Kier molecular flexibility index (Phi) is 2.65. The molecule has 0 N–H and O–H groups in total. The van der Waals surface area contributed by atoms with Crippen molar-refractivity contribution in [1.82, 2.24) is 0 Å². The number of halogens is 4. The standard InChI is InChI=1S/C12H7F4NO/c13-9-2-7(1-8(3-9)12(14,15)16)11(6-17)4-10(18)5-11/h1-3H,4-5H2. The summed E-state index contributed by atoms with van der Waals surface area (Å²) in [5.41, 5.74) is -2.54. The van der Waals surface area contributed by atoms with Crippen molar-refractivity contribution in [3.05, 3.63) is 35.1 Å². The normalized spacial score (nSPS) is 18.1. The van der Waals surface area contributed by atoms with Gasteiger partial charge in [0.05, 0.1) is 17.0 Å². The van der Waals surface area contributed by atoms with Crippen LogP contribution in [0.3, 0.4) is 0 Å². The van der Waals surface area contributed by atoms with Crippen LogP contribution in [0.5, 0.6) is 0 Å². The molecule has 1 aromatic rings. The monoisotopic (exact) mass is 257 g/mol. The fraction of sp³-hybridized carbons (Fsp3) is 0.333. The van der Waals surface area contributed by atoms with Gasteiger partial charge in [0.1, 0.15) is 11.6 Å². The van der Waals surface area contributed by atoms with Crippen molar-refractivity contribution in [2.45, 2.75) is 24.4 Å². The van der Waals surface area contributed by atoms with Crippen LogP contribution in [0.2, 0.25) is 0 Å². The number of nitriles is 1. The Morgan fingerprint density at radius 3 is 2.28 bits per heavy atom. The lowest BCUT2D eigenvalue weighted by molar-refractivity contribution is -0.137. The van der Waals surface area contributed by atoms with Crippen LogP contribution in [0, 0.1) is 17.1 Å². The van der Waals surface area contributed by atoms with Crippen LogP contribution in [-0.4, -0.2) is 5.78 Å². The average Bonchev–Trinajstić information content (AvgIpc) is 2.22. The molecule has 1 aromatic carbocycles. The minimum atomic E-state index is -4.68. The first-order chi connectivity index (χ1) is 8.27. The second-order valence-electron chi connectivity index (χ2n) is 4.31. The maximum Gasteiger partial charge on any atom is 0.416 e. The molecule has 0 atom stereocenters. The molecule has 1 aliphatic rings. The molecule has 0 amide bonds. The van der Waals surface area contributed by atoms with Crippen molar-refractivity contribution in [1.29, 1.82) is 5.26 Å². The highest BCUT2D eigenvalue weighted by atomic mass is 19.4. The number of nitrogens with zero attached hydrogens (tertiary/aromatic N) is 1. The van der Waals surface area contributed by atoms with E-state index in [2.05, 4.69) is 0 Å². The molecule has 1 fully saturated rings. The van der Waals surface area contributed by atoms with E-state index in [1.165, 1.54) is 0 Å². The quantitative estimate of drug-likeness (QED) is 0.726. The molecule has 0 unspecified atom stereocenters. The SMILES string of the molecule is N#CC1(c2cc(F)cc(C(F)(F)F)c2)CC(=O)C1. The van der Waals surface area contributed by atoms with Gasteiger partial charge in [0, 0.05) is 12.8 Å². The summed E-state index contributed by atoms with van der Waals surface area (Å²) in [7, 11) is 0. The van der Waals surface area contributed by atoms with Gasteiger partial charge in [-0.05, 0) is 23.8 Å². The highest BCUT2D eigenvalue weighted by Crippen LogP contribution is 2.42. The predicted octanol–water partition coefficient (Wildman–Crippen LogP) is 2.97. The molecular weight excluding hydrogens is 250 g/mol. The van der Waals surface area contributed by atoms with E-state index in [4.69, 9.17) is 5.26 Å². The smallest absolute Gasteiger partial charge is 0.300 e. The van der Waals surface area contributed by atoms with Gasteiger partial charge in [-0.3, -0.25) is 4.79 Å². The number of rotatable bonds is 1. The maximum atomic E-state index is 13.2. The van der Waals surface area contributed by atoms with Crippen molar-refractivity contribution in [3.8, 4) is 6.07 Å². The third-order valence-corrected chi connectivity index (χ3v) is 2.99. The summed E-state index contributed by atoms with van der Waals surface area (Å²) in [5, 5.41) is 8.99. The van der Waals surface area contributed by atoms with Gasteiger partial charge in [-0.25, -0.2) is 4.39 Å². The van der Waals surface area contributed by atoms with Crippen molar-refractivity contribution >= 4 is 5.78 Å². The number of Topliss-reactive ketones (excluding diaryl/α,β-unsaturated/α-hetero) is 1. The summed E-state index contributed by atoms with van der Waals surface area (Å²) in [4.78, 5) is 10.9. The number of carbonyl (C=O) groups is 1. The van der Waals surface area contributed by atoms with Crippen molar-refractivity contribution in [3.63, 3.8) is 0 Å². The van der Waals surface area contributed by atoms with Gasteiger partial charge in [-0.15, -0.1) is 0 Å². The molecule has 0 heterocycles. The molecule has 0 aliphatic heterocycles. The predicted molar refractivity (Wildman–Crippen MR) is 52.9 cm³/mol. The van der Waals surface area contributed by atoms with Crippen LogP contribution in [-0.2, 0) is 16.4 Å². The fourth-order valence-corrected chi connectivity index (χ4v) is 2.00. The maximum absolute atomic E-state index is 13.2. The number of ketones is 1. The molecule has 18 heavy (non-hydrogen) atoms. The van der Waals surface area contributed by atoms with Crippen LogP contribution < -0.4 is 0 Å². The second-order valence-corrected chi connectivity index (χ2v) is 4.31. The van der Waals surface area contributed by atoms with E-state index >= 15 is 0 Å². The molecular formula is C12H7F4NO. The first kappa shape index (κ1) is 12.6. The molecule has 0 bridgehead atoms. The van der Waals surface area contributed by atoms with E-state index in [9.17, 15) is 22.4 Å². The highest BCUT2D eigenvalue weighted by molar-refractivity contribution is 5.90. The van der Waals surface area contributed by atoms with Crippen molar-refractivity contribution < 1.29 is 22.4 Å². The van der Waals surface area contributed by atoms with Gasteiger partial charge >= 0.3 is 6.18 Å². The molecule has 6 heteroatoms. The zero-order valence-electron chi connectivity index (χ0n) is 9.01. The average molecular weight is 257 g/mol. The molecule has 0 aromatic heterocycles. The Morgan fingerprint density at radius 2 is 1.83 bits per heavy atom. The van der Waals surface area contributed by atoms with Gasteiger partial charge < -0.3 is 0 Å². The second kappa shape index (κ2) is 3.80. The van der Waals surface area contributed by atoms with Crippen molar-refractivity contribution in [2.24, 2.45) is 0 Å². The third kappa shape index (κ3) is 1.96. The summed E-state index contributed by atoms with van der Waals surface area (Å²) < 4.78 is 50.8. The Morgan fingerprint density at radius 1 is 1.22 bits per heavy atom. The Hall–Kier alpha value is -1.90. The summed E-state index contributed by atoms with van der Waals surface area (Å²) in [6.07, 6.45) is -5.00. The molecule has 0 spiro atoms. The first-order valence-electron chi connectivity index (χ1n) is 5.08. The van der Waals surface area contributed by atoms with Crippen LogP contribution in [0.25, 0.3) is 0 Å². The number of hydrogen-bond acceptors (Lipinski definition) is 2. The summed E-state index contributed by atoms with van der Waals surface area (Å²) in [5.74, 6) is -1.27. The van der Waals surface area contributed by atoms with Gasteiger partial charge in [0.25, 0.3) is 0 Å². The lowest BCUT2D eigenvalue weighted by Gasteiger charge is -2.34. The summed E-state index contributed by atoms with van der Waals surface area (Å²) >= 11 is 0. The molecule has 0 saturated heterocycles. The Bertz CT molecular complexity index is 548. The van der Waals surface area contributed by atoms with Gasteiger partial charge in [-0.1, -0.05) is 0 Å². The van der Waals surface area contributed by atoms with E-state index < -0.39 is 23.0 Å². The van der Waals surface area contributed by atoms with Crippen molar-refractivity contribution in [2.75, 3.05) is 0 Å². The molecule has 1 aliphatic carbocycles. The molecule has 2 rings (SSSR count). The lowest BCUT2D eigenvalue weighted by atomic mass is 9.64. The van der Waals surface area contributed by atoms with E-state index in [1.54, 1.807) is 0 Å². The van der Waals surface area contributed by atoms with E-state index in [0.29, 0.717) is 6.07 Å². The van der Waals surface area contributed by atoms with Crippen LogP contribution in [0.1, 0.15) is 24.0 Å². The van der Waals surface area contributed by atoms with E-state index in [-0.39, 0.29) is 24.2 Å². The number of alkyl halides is 3. The molecule has 94 valence electrons. The topological polar surface area (TPSA) is 40.9 Å². The van der Waals surface area contributed by atoms with Gasteiger partial charge in [0.2, 0.25) is 0 Å². The zero-order chi connectivity index (χ0) is 13.6. The Balaban J connectivity index is 2.50. The van der Waals surface area contributed by atoms with Gasteiger partial charge in [0.15, 0.2) is 0 Å². The largest absolute Gasteiger partial charge is 0.416 e. The van der Waals surface area contributed by atoms with Crippen LogP contribution in [0.4, 0.5) is 17.6 Å². The first-order valence-corrected chi connectivity index (χ1v) is 5.08. The number of carbonyl (C=O) groups excluding carboxylic acids is 1. The lowest BCUT2D eigenvalue weighted by Crippen LogP contribution is -2.40. The Labute approximate surface area is 99.8 Å². The number of benzene rings is 1. The highest BCUT2D eigenvalue weighted by Gasteiger charge is 2.46. The zero-order valence-corrected chi connectivity index (χ0v) is 9.01. The molecule has 0 radical (unpaired) electrons. The fourth-order valence-electron chi connectivity index (χ4n) is 2.00. The summed E-state index contributed by atoms with van der Waals surface area (Å²) in [6.45, 7) is 0.